The molecule has 5 heteroatoms. The molecular formula is C15H26N2O3. The van der Waals surface area contributed by atoms with Gasteiger partial charge in [-0.2, -0.15) is 0 Å². The van der Waals surface area contributed by atoms with Crippen LogP contribution < -0.4 is 5.32 Å². The fourth-order valence-electron chi connectivity index (χ4n) is 3.45. The van der Waals surface area contributed by atoms with Gasteiger partial charge in [0, 0.05) is 19.6 Å². The number of urea groups is 1. The summed E-state index contributed by atoms with van der Waals surface area (Å²) in [4.78, 5) is 25.1. The van der Waals surface area contributed by atoms with Crippen molar-refractivity contribution in [2.24, 2.45) is 23.7 Å². The summed E-state index contributed by atoms with van der Waals surface area (Å²) in [6, 6.07) is -0.0239. The van der Waals surface area contributed by atoms with Crippen molar-refractivity contribution >= 4 is 12.0 Å². The molecule has 0 bridgehead atoms. The maximum Gasteiger partial charge on any atom is 0.317 e. The Hall–Kier alpha value is -1.26. The van der Waals surface area contributed by atoms with E-state index in [1.807, 2.05) is 4.90 Å². The van der Waals surface area contributed by atoms with Crippen LogP contribution in [-0.4, -0.2) is 41.6 Å². The van der Waals surface area contributed by atoms with E-state index in [9.17, 15) is 9.59 Å². The van der Waals surface area contributed by atoms with Crippen molar-refractivity contribution in [3.63, 3.8) is 0 Å². The lowest BCUT2D eigenvalue weighted by Crippen LogP contribution is -2.41. The molecule has 2 aliphatic rings. The third-order valence-corrected chi connectivity index (χ3v) is 4.95. The van der Waals surface area contributed by atoms with E-state index in [0.717, 1.165) is 38.8 Å². The van der Waals surface area contributed by atoms with E-state index in [1.165, 1.54) is 0 Å². The summed E-state index contributed by atoms with van der Waals surface area (Å²) in [6.45, 7) is 6.54. The molecule has 2 amide bonds. The summed E-state index contributed by atoms with van der Waals surface area (Å²) in [6.07, 6.45) is 3.68. The lowest BCUT2D eigenvalue weighted by Gasteiger charge is -2.21. The maximum absolute atomic E-state index is 12.1. The highest BCUT2D eigenvalue weighted by Gasteiger charge is 2.34. The number of carbonyl (C=O) groups is 2. The van der Waals surface area contributed by atoms with Crippen LogP contribution in [-0.2, 0) is 4.79 Å². The van der Waals surface area contributed by atoms with Crippen LogP contribution in [0.2, 0.25) is 0 Å². The molecule has 1 aliphatic carbocycles. The minimum Gasteiger partial charge on any atom is -0.481 e. The zero-order chi connectivity index (χ0) is 14.7. The number of amides is 2. The van der Waals surface area contributed by atoms with Crippen LogP contribution >= 0.6 is 0 Å². The van der Waals surface area contributed by atoms with Crippen LogP contribution in [0.3, 0.4) is 0 Å². The topological polar surface area (TPSA) is 69.6 Å². The predicted octanol–water partition coefficient (Wildman–Crippen LogP) is 2.17. The van der Waals surface area contributed by atoms with E-state index < -0.39 is 5.97 Å². The smallest absolute Gasteiger partial charge is 0.317 e. The normalized spacial score (nSPS) is 29.9. The van der Waals surface area contributed by atoms with Crippen molar-refractivity contribution in [2.75, 3.05) is 19.6 Å². The van der Waals surface area contributed by atoms with Crippen LogP contribution in [0.1, 0.15) is 39.5 Å². The van der Waals surface area contributed by atoms with Crippen molar-refractivity contribution in [2.45, 2.75) is 39.5 Å². The largest absolute Gasteiger partial charge is 0.481 e. The van der Waals surface area contributed by atoms with E-state index >= 15 is 0 Å². The average Bonchev–Trinajstić information content (AvgIpc) is 3.04. The Bertz CT molecular complexity index is 370. The molecule has 0 aromatic rings. The summed E-state index contributed by atoms with van der Waals surface area (Å²) in [5, 5.41) is 12.1. The Balaban J connectivity index is 1.77. The van der Waals surface area contributed by atoms with Gasteiger partial charge in [0.2, 0.25) is 0 Å². The van der Waals surface area contributed by atoms with Gasteiger partial charge < -0.3 is 15.3 Å². The van der Waals surface area contributed by atoms with Crippen molar-refractivity contribution in [1.82, 2.24) is 10.2 Å². The fraction of sp³-hybridized carbons (Fsp3) is 0.867. The first kappa shape index (κ1) is 15.1. The van der Waals surface area contributed by atoms with Crippen molar-refractivity contribution in [3.8, 4) is 0 Å². The van der Waals surface area contributed by atoms with Gasteiger partial charge in [-0.15, -0.1) is 0 Å². The Labute approximate surface area is 120 Å². The number of likely N-dealkylation sites (tertiary alicyclic amines) is 1. The highest BCUT2D eigenvalue weighted by molar-refractivity contribution is 5.75. The van der Waals surface area contributed by atoms with Gasteiger partial charge in [-0.3, -0.25) is 4.79 Å². The summed E-state index contributed by atoms with van der Waals surface area (Å²) in [5.74, 6) is 0.304. The second-order valence-electron chi connectivity index (χ2n) is 6.56. The molecule has 114 valence electrons. The Morgan fingerprint density at radius 1 is 1.30 bits per heavy atom. The lowest BCUT2D eigenvalue weighted by atomic mass is 9.95. The number of carboxylic acid groups (broad SMARTS) is 1. The molecule has 5 nitrogen and oxygen atoms in total. The number of nitrogens with one attached hydrogen (secondary N) is 1. The summed E-state index contributed by atoms with van der Waals surface area (Å²) < 4.78 is 0. The first-order chi connectivity index (χ1) is 9.49. The second-order valence-corrected chi connectivity index (χ2v) is 6.56. The summed E-state index contributed by atoms with van der Waals surface area (Å²) >= 11 is 0. The van der Waals surface area contributed by atoms with Gasteiger partial charge in [0.05, 0.1) is 5.92 Å². The van der Waals surface area contributed by atoms with E-state index in [1.54, 1.807) is 0 Å². The Morgan fingerprint density at radius 2 is 2.05 bits per heavy atom. The summed E-state index contributed by atoms with van der Waals surface area (Å²) in [5.41, 5.74) is 0. The van der Waals surface area contributed by atoms with E-state index in [4.69, 9.17) is 5.11 Å². The number of hydrogen-bond donors (Lipinski definition) is 2. The van der Waals surface area contributed by atoms with Gasteiger partial charge in [0.25, 0.3) is 0 Å². The van der Waals surface area contributed by atoms with Gasteiger partial charge in [-0.1, -0.05) is 20.3 Å². The minimum atomic E-state index is -0.720. The molecule has 3 unspecified atom stereocenters. The van der Waals surface area contributed by atoms with Gasteiger partial charge in [0.15, 0.2) is 0 Å². The molecule has 1 heterocycles. The molecule has 0 aromatic carbocycles. The third kappa shape index (κ3) is 3.44. The fourth-order valence-corrected chi connectivity index (χ4v) is 3.45. The molecule has 1 aliphatic heterocycles. The van der Waals surface area contributed by atoms with Gasteiger partial charge >= 0.3 is 12.0 Å². The number of rotatable bonds is 4. The maximum atomic E-state index is 12.1. The molecule has 2 fully saturated rings. The predicted molar refractivity (Wildman–Crippen MR) is 76.4 cm³/mol. The number of aliphatic carboxylic acids is 1. The molecule has 0 aromatic heterocycles. The molecule has 20 heavy (non-hydrogen) atoms. The van der Waals surface area contributed by atoms with Crippen LogP contribution in [0.25, 0.3) is 0 Å². The van der Waals surface area contributed by atoms with Crippen molar-refractivity contribution in [3.05, 3.63) is 0 Å². The number of hydrogen-bond acceptors (Lipinski definition) is 2. The molecular weight excluding hydrogens is 256 g/mol. The highest BCUT2D eigenvalue weighted by atomic mass is 16.4. The molecule has 2 N–H and O–H groups in total. The standard InChI is InChI=1S/C15H26N2O3/c1-10(2)12-6-7-17(9-12)15(20)16-8-11-4-3-5-13(11)14(18)19/h10-13H,3-9H2,1-2H3,(H,16,20)(H,18,19). The Kier molecular flexibility index (Phi) is 4.89. The van der Waals surface area contributed by atoms with Crippen LogP contribution in [0.5, 0.6) is 0 Å². The monoisotopic (exact) mass is 282 g/mol. The molecule has 3 atom stereocenters. The zero-order valence-electron chi connectivity index (χ0n) is 12.5. The quantitative estimate of drug-likeness (QED) is 0.830. The second kappa shape index (κ2) is 6.46. The van der Waals surface area contributed by atoms with E-state index in [0.29, 0.717) is 18.4 Å². The SMILES string of the molecule is CC(C)C1CCN(C(=O)NCC2CCCC2C(=O)O)C1. The van der Waals surface area contributed by atoms with Crippen molar-refractivity contribution in [1.29, 1.82) is 0 Å². The number of carboxylic acids is 1. The van der Waals surface area contributed by atoms with Crippen LogP contribution in [0.4, 0.5) is 4.79 Å². The highest BCUT2D eigenvalue weighted by Crippen LogP contribution is 2.31. The number of carbonyl (C=O) groups excluding carboxylic acids is 1. The Morgan fingerprint density at radius 3 is 2.65 bits per heavy atom. The first-order valence-corrected chi connectivity index (χ1v) is 7.74. The molecule has 1 saturated heterocycles. The average molecular weight is 282 g/mol. The van der Waals surface area contributed by atoms with Crippen LogP contribution in [0, 0.1) is 23.7 Å². The first-order valence-electron chi connectivity index (χ1n) is 7.74. The van der Waals surface area contributed by atoms with E-state index in [2.05, 4.69) is 19.2 Å². The van der Waals surface area contributed by atoms with Gasteiger partial charge in [-0.05, 0) is 37.0 Å². The van der Waals surface area contributed by atoms with Gasteiger partial charge in [0.1, 0.15) is 0 Å². The lowest BCUT2D eigenvalue weighted by molar-refractivity contribution is -0.142. The molecule has 1 saturated carbocycles. The van der Waals surface area contributed by atoms with Crippen LogP contribution in [0.15, 0.2) is 0 Å². The molecule has 2 rings (SSSR count). The van der Waals surface area contributed by atoms with E-state index in [-0.39, 0.29) is 17.9 Å². The molecule has 0 radical (unpaired) electrons. The zero-order valence-corrected chi connectivity index (χ0v) is 12.5. The number of nitrogens with zero attached hydrogens (tertiary/aromatic N) is 1. The molecule has 0 spiro atoms. The third-order valence-electron chi connectivity index (χ3n) is 4.95. The van der Waals surface area contributed by atoms with Crippen molar-refractivity contribution < 1.29 is 14.7 Å². The summed E-state index contributed by atoms with van der Waals surface area (Å²) in [7, 11) is 0. The van der Waals surface area contributed by atoms with Gasteiger partial charge in [-0.25, -0.2) is 4.79 Å². The minimum absolute atomic E-state index is 0.0239.